The van der Waals surface area contributed by atoms with Crippen molar-refractivity contribution in [3.63, 3.8) is 0 Å². The standard InChI is InChI=1S/C25H24N4O/c1-17(2)27-25-22-14-23(26-15-20(22)13-21(16-30)28-25)29-24(18-9-5-3-6-10-18)19-11-7-4-8-12-19/h3,5-7,9-17H,4,8H2,1-2H3,(H,27,28)/b29-24+. The molecule has 0 saturated heterocycles. The van der Waals surface area contributed by atoms with E-state index in [0.29, 0.717) is 17.3 Å². The van der Waals surface area contributed by atoms with Gasteiger partial charge in [-0.3, -0.25) is 4.79 Å². The summed E-state index contributed by atoms with van der Waals surface area (Å²) in [6, 6.07) is 14.0. The molecule has 0 unspecified atom stereocenters. The third kappa shape index (κ3) is 4.35. The van der Waals surface area contributed by atoms with Gasteiger partial charge in [0, 0.05) is 28.6 Å². The molecule has 30 heavy (non-hydrogen) atoms. The van der Waals surface area contributed by atoms with Gasteiger partial charge < -0.3 is 5.32 Å². The van der Waals surface area contributed by atoms with Crippen molar-refractivity contribution in [3.05, 3.63) is 83.7 Å². The number of nitrogens with one attached hydrogen (secondary N) is 1. The number of benzene rings is 1. The van der Waals surface area contributed by atoms with Crippen LogP contribution in [0.1, 0.15) is 42.7 Å². The maximum atomic E-state index is 11.3. The van der Waals surface area contributed by atoms with Crippen LogP contribution >= 0.6 is 0 Å². The van der Waals surface area contributed by atoms with E-state index in [2.05, 4.69) is 45.6 Å². The molecule has 2 heterocycles. The van der Waals surface area contributed by atoms with E-state index < -0.39 is 0 Å². The molecule has 4 rings (SSSR count). The molecule has 0 aliphatic heterocycles. The topological polar surface area (TPSA) is 67.2 Å². The fourth-order valence-electron chi connectivity index (χ4n) is 3.46. The molecule has 2 aromatic heterocycles. The fraction of sp³-hybridized carbons (Fsp3) is 0.200. The number of aliphatic imine (C=N–C) groups is 1. The summed E-state index contributed by atoms with van der Waals surface area (Å²) in [5.74, 6) is 1.27. The van der Waals surface area contributed by atoms with Crippen molar-refractivity contribution in [1.82, 2.24) is 9.97 Å². The number of nitrogens with zero attached hydrogens (tertiary/aromatic N) is 3. The number of hydrogen-bond donors (Lipinski definition) is 1. The number of allylic oxidation sites excluding steroid dienone is 4. The zero-order chi connectivity index (χ0) is 20.9. The van der Waals surface area contributed by atoms with Crippen LogP contribution in [-0.2, 0) is 0 Å². The summed E-state index contributed by atoms with van der Waals surface area (Å²) in [5.41, 5.74) is 3.43. The Morgan fingerprint density at radius 1 is 1.17 bits per heavy atom. The smallest absolute Gasteiger partial charge is 0.168 e. The van der Waals surface area contributed by atoms with Crippen LogP contribution in [0.4, 0.5) is 11.6 Å². The molecule has 0 spiro atoms. The van der Waals surface area contributed by atoms with Gasteiger partial charge in [0.1, 0.15) is 11.5 Å². The number of fused-ring (bicyclic) bond motifs is 1. The highest BCUT2D eigenvalue weighted by atomic mass is 16.1. The first kappa shape index (κ1) is 19.7. The zero-order valence-electron chi connectivity index (χ0n) is 17.2. The first-order valence-electron chi connectivity index (χ1n) is 10.2. The van der Waals surface area contributed by atoms with E-state index in [9.17, 15) is 4.79 Å². The van der Waals surface area contributed by atoms with Crippen LogP contribution in [0.25, 0.3) is 10.8 Å². The second kappa shape index (κ2) is 8.82. The van der Waals surface area contributed by atoms with E-state index in [-0.39, 0.29) is 6.04 Å². The van der Waals surface area contributed by atoms with E-state index in [1.807, 2.05) is 38.1 Å². The number of aromatic nitrogens is 2. The SMILES string of the molecule is CC(C)Nc1nc(C=O)cc2cnc(/N=C(/C3=CCCC=C3)c3ccccc3)cc12. The molecule has 3 aromatic rings. The Morgan fingerprint density at radius 3 is 2.70 bits per heavy atom. The van der Waals surface area contributed by atoms with Gasteiger partial charge in [-0.15, -0.1) is 0 Å². The number of carbonyl (C=O) groups excluding carboxylic acids is 1. The summed E-state index contributed by atoms with van der Waals surface area (Å²) < 4.78 is 0. The number of pyridine rings is 2. The third-order valence-corrected chi connectivity index (χ3v) is 4.81. The summed E-state index contributed by atoms with van der Waals surface area (Å²) in [6.45, 7) is 4.08. The molecule has 5 heteroatoms. The van der Waals surface area contributed by atoms with E-state index in [4.69, 9.17) is 4.99 Å². The van der Waals surface area contributed by atoms with E-state index in [0.717, 1.165) is 46.7 Å². The number of hydrogen-bond acceptors (Lipinski definition) is 5. The van der Waals surface area contributed by atoms with Gasteiger partial charge in [-0.25, -0.2) is 15.0 Å². The van der Waals surface area contributed by atoms with Crippen LogP contribution in [0.2, 0.25) is 0 Å². The number of carbonyl (C=O) groups is 1. The highest BCUT2D eigenvalue weighted by Gasteiger charge is 2.12. The molecule has 150 valence electrons. The van der Waals surface area contributed by atoms with Gasteiger partial charge in [0.25, 0.3) is 0 Å². The molecule has 0 amide bonds. The molecule has 0 fully saturated rings. The fourth-order valence-corrected chi connectivity index (χ4v) is 3.46. The molecule has 1 aliphatic carbocycles. The Balaban J connectivity index is 1.85. The van der Waals surface area contributed by atoms with Gasteiger partial charge in [0.2, 0.25) is 0 Å². The van der Waals surface area contributed by atoms with Crippen LogP contribution < -0.4 is 5.32 Å². The minimum atomic E-state index is 0.181. The largest absolute Gasteiger partial charge is 0.367 e. The highest BCUT2D eigenvalue weighted by molar-refractivity contribution is 6.15. The summed E-state index contributed by atoms with van der Waals surface area (Å²) in [4.78, 5) is 25.2. The first-order chi connectivity index (χ1) is 14.6. The van der Waals surface area contributed by atoms with Crippen LogP contribution in [-0.4, -0.2) is 28.0 Å². The summed E-state index contributed by atoms with van der Waals surface area (Å²) in [6.07, 6.45) is 11.1. The molecular weight excluding hydrogens is 372 g/mol. The zero-order valence-corrected chi connectivity index (χ0v) is 17.2. The number of anilines is 1. The van der Waals surface area contributed by atoms with Crippen molar-refractivity contribution in [2.45, 2.75) is 32.7 Å². The van der Waals surface area contributed by atoms with Gasteiger partial charge in [0.15, 0.2) is 12.1 Å². The van der Waals surface area contributed by atoms with Crippen LogP contribution in [0, 0.1) is 0 Å². The molecule has 5 nitrogen and oxygen atoms in total. The summed E-state index contributed by atoms with van der Waals surface area (Å²) >= 11 is 0. The lowest BCUT2D eigenvalue weighted by molar-refractivity contribution is 0.111. The Hall–Kier alpha value is -3.60. The summed E-state index contributed by atoms with van der Waals surface area (Å²) in [7, 11) is 0. The van der Waals surface area contributed by atoms with Crippen LogP contribution in [0.3, 0.4) is 0 Å². The molecule has 0 radical (unpaired) electrons. The van der Waals surface area contributed by atoms with Crippen molar-refractivity contribution < 1.29 is 4.79 Å². The van der Waals surface area contributed by atoms with Crippen molar-refractivity contribution in [1.29, 1.82) is 0 Å². The molecule has 1 aliphatic rings. The van der Waals surface area contributed by atoms with Gasteiger partial charge >= 0.3 is 0 Å². The second-order valence-electron chi connectivity index (χ2n) is 7.54. The van der Waals surface area contributed by atoms with Gasteiger partial charge in [-0.1, -0.05) is 48.6 Å². The quantitative estimate of drug-likeness (QED) is 0.431. The normalized spacial score (nSPS) is 14.1. The average molecular weight is 396 g/mol. The summed E-state index contributed by atoms with van der Waals surface area (Å²) in [5, 5.41) is 5.08. The van der Waals surface area contributed by atoms with Crippen molar-refractivity contribution in [2.75, 3.05) is 5.32 Å². The molecule has 0 saturated carbocycles. The van der Waals surface area contributed by atoms with Gasteiger partial charge in [0.05, 0.1) is 5.71 Å². The Morgan fingerprint density at radius 2 is 2.00 bits per heavy atom. The lowest BCUT2D eigenvalue weighted by Gasteiger charge is -2.14. The van der Waals surface area contributed by atoms with E-state index in [1.165, 1.54) is 0 Å². The minimum absolute atomic E-state index is 0.181. The molecule has 0 bridgehead atoms. The van der Waals surface area contributed by atoms with Gasteiger partial charge in [-0.2, -0.15) is 0 Å². The van der Waals surface area contributed by atoms with Crippen LogP contribution in [0.5, 0.6) is 0 Å². The Bertz CT molecular complexity index is 1160. The van der Waals surface area contributed by atoms with Crippen molar-refractivity contribution in [2.24, 2.45) is 4.99 Å². The highest BCUT2D eigenvalue weighted by Crippen LogP contribution is 2.27. The van der Waals surface area contributed by atoms with Gasteiger partial charge in [-0.05, 0) is 44.4 Å². The maximum absolute atomic E-state index is 11.3. The Kier molecular flexibility index (Phi) is 5.80. The molecule has 1 N–H and O–H groups in total. The first-order valence-corrected chi connectivity index (χ1v) is 10.2. The molecule has 1 aromatic carbocycles. The number of aldehydes is 1. The Labute approximate surface area is 176 Å². The second-order valence-corrected chi connectivity index (χ2v) is 7.54. The number of rotatable bonds is 6. The lowest BCUT2D eigenvalue weighted by atomic mass is 9.97. The average Bonchev–Trinajstić information content (AvgIpc) is 2.78. The predicted octanol–water partition coefficient (Wildman–Crippen LogP) is 5.66. The monoisotopic (exact) mass is 396 g/mol. The molecule has 0 atom stereocenters. The van der Waals surface area contributed by atoms with Crippen LogP contribution in [0.15, 0.2) is 77.5 Å². The lowest BCUT2D eigenvalue weighted by Crippen LogP contribution is -2.12. The maximum Gasteiger partial charge on any atom is 0.168 e. The van der Waals surface area contributed by atoms with E-state index >= 15 is 0 Å². The van der Waals surface area contributed by atoms with Crippen molar-refractivity contribution >= 4 is 34.4 Å². The van der Waals surface area contributed by atoms with E-state index in [1.54, 1.807) is 12.3 Å². The molecular formula is C25H24N4O. The predicted molar refractivity (Wildman–Crippen MR) is 123 cm³/mol. The van der Waals surface area contributed by atoms with Crippen molar-refractivity contribution in [3.8, 4) is 0 Å². The third-order valence-electron chi connectivity index (χ3n) is 4.81. The minimum Gasteiger partial charge on any atom is -0.367 e.